The highest BCUT2D eigenvalue weighted by atomic mass is 35.5. The van der Waals surface area contributed by atoms with E-state index in [0.717, 1.165) is 10.6 Å². The zero-order chi connectivity index (χ0) is 26.7. The maximum absolute atomic E-state index is 13.6. The molecule has 7 nitrogen and oxygen atoms in total. The van der Waals surface area contributed by atoms with Crippen molar-refractivity contribution in [3.05, 3.63) is 62.6 Å². The molecule has 0 saturated heterocycles. The van der Waals surface area contributed by atoms with Gasteiger partial charge in [-0.05, 0) is 70.0 Å². The van der Waals surface area contributed by atoms with E-state index in [0.29, 0.717) is 26.2 Å². The predicted octanol–water partition coefficient (Wildman–Crippen LogP) is 5.05. The standard InChI is InChI=1S/C24H30Cl3N3O4S/c1-15-7-9-18(25)12-21(15)30(35(6,33)34)14-22(31)29(16(2)23(32)28-24(3,4)5)13-17-8-10-19(26)20(27)11-17/h7-12,16H,13-14H2,1-6H3,(H,28,32)/t16-/m0/s1. The number of amides is 2. The van der Waals surface area contributed by atoms with Crippen molar-refractivity contribution < 1.29 is 18.0 Å². The molecule has 0 aliphatic heterocycles. The summed E-state index contributed by atoms with van der Waals surface area (Å²) in [6.07, 6.45) is 1.01. The van der Waals surface area contributed by atoms with Crippen LogP contribution < -0.4 is 9.62 Å². The molecule has 2 aromatic rings. The third-order valence-corrected chi connectivity index (χ3v) is 7.22. The molecule has 0 radical (unpaired) electrons. The van der Waals surface area contributed by atoms with Gasteiger partial charge in [0.2, 0.25) is 21.8 Å². The number of halogens is 3. The summed E-state index contributed by atoms with van der Waals surface area (Å²) in [5.41, 5.74) is 1.02. The van der Waals surface area contributed by atoms with E-state index in [2.05, 4.69) is 5.32 Å². The van der Waals surface area contributed by atoms with Crippen LogP contribution in [0.2, 0.25) is 15.1 Å². The highest BCUT2D eigenvalue weighted by Crippen LogP contribution is 2.27. The number of carbonyl (C=O) groups is 2. The van der Waals surface area contributed by atoms with Gasteiger partial charge in [-0.2, -0.15) is 0 Å². The van der Waals surface area contributed by atoms with E-state index in [1.165, 1.54) is 11.0 Å². The van der Waals surface area contributed by atoms with Crippen LogP contribution in [0.15, 0.2) is 36.4 Å². The molecular formula is C24H30Cl3N3O4S. The van der Waals surface area contributed by atoms with Crippen LogP contribution in [0.1, 0.15) is 38.8 Å². The van der Waals surface area contributed by atoms with Gasteiger partial charge in [-0.3, -0.25) is 13.9 Å². The summed E-state index contributed by atoms with van der Waals surface area (Å²) >= 11 is 18.3. The predicted molar refractivity (Wildman–Crippen MR) is 143 cm³/mol. The van der Waals surface area contributed by atoms with E-state index in [-0.39, 0.29) is 18.1 Å². The molecule has 2 aromatic carbocycles. The summed E-state index contributed by atoms with van der Waals surface area (Å²) in [6.45, 7) is 8.30. The Hall–Kier alpha value is -2.00. The monoisotopic (exact) mass is 561 g/mol. The maximum Gasteiger partial charge on any atom is 0.244 e. The molecule has 0 aliphatic rings. The van der Waals surface area contributed by atoms with Gasteiger partial charge in [0.25, 0.3) is 0 Å². The molecule has 1 atom stereocenters. The van der Waals surface area contributed by atoms with E-state index in [1.807, 2.05) is 20.8 Å². The van der Waals surface area contributed by atoms with Crippen LogP contribution in [0, 0.1) is 6.92 Å². The average molecular weight is 563 g/mol. The highest BCUT2D eigenvalue weighted by molar-refractivity contribution is 7.92. The smallest absolute Gasteiger partial charge is 0.244 e. The Balaban J connectivity index is 2.47. The molecule has 0 heterocycles. The van der Waals surface area contributed by atoms with Crippen LogP contribution in [0.3, 0.4) is 0 Å². The van der Waals surface area contributed by atoms with Crippen LogP contribution in [0.5, 0.6) is 0 Å². The zero-order valence-corrected chi connectivity index (χ0v) is 23.6. The first-order valence-electron chi connectivity index (χ1n) is 10.8. The molecular weight excluding hydrogens is 533 g/mol. The van der Waals surface area contributed by atoms with Crippen molar-refractivity contribution in [3.63, 3.8) is 0 Å². The van der Waals surface area contributed by atoms with Crippen molar-refractivity contribution in [2.24, 2.45) is 0 Å². The number of sulfonamides is 1. The lowest BCUT2D eigenvalue weighted by molar-refractivity contribution is -0.140. The van der Waals surface area contributed by atoms with Gasteiger partial charge in [-0.1, -0.05) is 46.9 Å². The van der Waals surface area contributed by atoms with Crippen LogP contribution in [0.25, 0.3) is 0 Å². The Labute approximate surface area is 222 Å². The number of aryl methyl sites for hydroxylation is 1. The number of hydrogen-bond acceptors (Lipinski definition) is 4. The van der Waals surface area contributed by atoms with Gasteiger partial charge in [-0.25, -0.2) is 8.42 Å². The summed E-state index contributed by atoms with van der Waals surface area (Å²) in [5.74, 6) is -0.951. The Morgan fingerprint density at radius 1 is 1.03 bits per heavy atom. The molecule has 11 heteroatoms. The summed E-state index contributed by atoms with van der Waals surface area (Å²) in [7, 11) is -3.86. The quantitative estimate of drug-likeness (QED) is 0.488. The van der Waals surface area contributed by atoms with Crippen molar-refractivity contribution in [3.8, 4) is 0 Å². The molecule has 0 fully saturated rings. The lowest BCUT2D eigenvalue weighted by atomic mass is 10.1. The molecule has 0 saturated carbocycles. The molecule has 192 valence electrons. The number of carbonyl (C=O) groups excluding carboxylic acids is 2. The van der Waals surface area contributed by atoms with E-state index >= 15 is 0 Å². The minimum atomic E-state index is -3.86. The Bertz CT molecular complexity index is 1210. The van der Waals surface area contributed by atoms with Crippen molar-refractivity contribution in [1.29, 1.82) is 0 Å². The summed E-state index contributed by atoms with van der Waals surface area (Å²) in [6, 6.07) is 8.79. The van der Waals surface area contributed by atoms with Gasteiger partial charge < -0.3 is 10.2 Å². The normalized spacial score (nSPS) is 12.7. The Morgan fingerprint density at radius 3 is 2.20 bits per heavy atom. The van der Waals surface area contributed by atoms with Gasteiger partial charge in [0.1, 0.15) is 12.6 Å². The first kappa shape index (κ1) is 29.2. The van der Waals surface area contributed by atoms with Crippen molar-refractivity contribution in [2.75, 3.05) is 17.1 Å². The van der Waals surface area contributed by atoms with Crippen LogP contribution in [0.4, 0.5) is 5.69 Å². The van der Waals surface area contributed by atoms with Crippen molar-refractivity contribution in [2.45, 2.75) is 52.7 Å². The molecule has 1 N–H and O–H groups in total. The minimum Gasteiger partial charge on any atom is -0.350 e. The highest BCUT2D eigenvalue weighted by Gasteiger charge is 2.32. The van der Waals surface area contributed by atoms with Crippen molar-refractivity contribution in [1.82, 2.24) is 10.2 Å². The fourth-order valence-electron chi connectivity index (χ4n) is 3.34. The molecule has 0 unspecified atom stereocenters. The molecule has 0 bridgehead atoms. The number of rotatable bonds is 8. The Morgan fingerprint density at radius 2 is 1.66 bits per heavy atom. The van der Waals surface area contributed by atoms with Crippen LogP contribution in [-0.4, -0.2) is 49.5 Å². The van der Waals surface area contributed by atoms with E-state index in [1.54, 1.807) is 44.2 Å². The molecule has 2 rings (SSSR count). The van der Waals surface area contributed by atoms with Gasteiger partial charge in [0.05, 0.1) is 22.0 Å². The summed E-state index contributed by atoms with van der Waals surface area (Å²) in [4.78, 5) is 27.9. The average Bonchev–Trinajstić information content (AvgIpc) is 2.72. The zero-order valence-electron chi connectivity index (χ0n) is 20.5. The van der Waals surface area contributed by atoms with Crippen LogP contribution >= 0.6 is 34.8 Å². The number of nitrogens with one attached hydrogen (secondary N) is 1. The third kappa shape index (κ3) is 8.27. The molecule has 35 heavy (non-hydrogen) atoms. The maximum atomic E-state index is 13.6. The third-order valence-electron chi connectivity index (χ3n) is 5.12. The number of nitrogens with zero attached hydrogens (tertiary/aromatic N) is 2. The molecule has 0 aromatic heterocycles. The number of benzene rings is 2. The van der Waals surface area contributed by atoms with Crippen LogP contribution in [-0.2, 0) is 26.2 Å². The second kappa shape index (κ2) is 11.4. The summed E-state index contributed by atoms with van der Waals surface area (Å²) in [5, 5.41) is 3.85. The van der Waals surface area contributed by atoms with E-state index in [9.17, 15) is 18.0 Å². The van der Waals surface area contributed by atoms with E-state index in [4.69, 9.17) is 34.8 Å². The fraction of sp³-hybridized carbons (Fsp3) is 0.417. The largest absolute Gasteiger partial charge is 0.350 e. The molecule has 0 spiro atoms. The topological polar surface area (TPSA) is 86.8 Å². The fourth-order valence-corrected chi connectivity index (χ4v) is 4.72. The lowest BCUT2D eigenvalue weighted by Gasteiger charge is -2.33. The van der Waals surface area contributed by atoms with E-state index < -0.39 is 34.1 Å². The minimum absolute atomic E-state index is 0.0145. The first-order chi connectivity index (χ1) is 16.0. The van der Waals surface area contributed by atoms with Gasteiger partial charge in [0, 0.05) is 17.1 Å². The molecule has 0 aliphatic carbocycles. The Kier molecular flexibility index (Phi) is 9.50. The number of hydrogen-bond donors (Lipinski definition) is 1. The summed E-state index contributed by atoms with van der Waals surface area (Å²) < 4.78 is 26.4. The lowest BCUT2D eigenvalue weighted by Crippen LogP contribution is -2.54. The first-order valence-corrected chi connectivity index (χ1v) is 13.8. The van der Waals surface area contributed by atoms with Gasteiger partial charge in [-0.15, -0.1) is 0 Å². The van der Waals surface area contributed by atoms with Gasteiger partial charge >= 0.3 is 0 Å². The number of anilines is 1. The molecule has 2 amide bonds. The SMILES string of the molecule is Cc1ccc(Cl)cc1N(CC(=O)N(Cc1ccc(Cl)c(Cl)c1)[C@@H](C)C(=O)NC(C)(C)C)S(C)(=O)=O. The second-order valence-corrected chi connectivity index (χ2v) is 12.5. The second-order valence-electron chi connectivity index (χ2n) is 9.39. The van der Waals surface area contributed by atoms with Gasteiger partial charge in [0.15, 0.2) is 0 Å². The van der Waals surface area contributed by atoms with Crippen molar-refractivity contribution >= 4 is 62.3 Å².